The standard InChI is InChI=1S/C16H37P.F6P/c1-5-9-13-17(14-10-6-2,15-11-7-3)16-12-8-4;1-7(2,3,4,5)6/h17H,5-16H2,1-4H3;/q;-1/p+1. The largest absolute Gasteiger partial charge is 1.00 e. The molecule has 154 valence electrons. The van der Waals surface area contributed by atoms with Gasteiger partial charge >= 0.3 is 145 Å². The fraction of sp³-hybridized carbons (Fsp3) is 1.00. The Balaban J connectivity index is -0.000000513. The van der Waals surface area contributed by atoms with E-state index < -0.39 is 15.1 Å². The number of rotatable bonds is 12. The smallest absolute Gasteiger partial charge is 1.00 e. The van der Waals surface area contributed by atoms with Crippen molar-refractivity contribution in [2.45, 2.75) is 79.1 Å². The second-order valence-corrected chi connectivity index (χ2v) is 13.8. The van der Waals surface area contributed by atoms with Gasteiger partial charge in [-0.25, -0.2) is 0 Å². The Labute approximate surface area is 146 Å². The van der Waals surface area contributed by atoms with Crippen LogP contribution in [0.1, 0.15) is 80.5 Å². The Morgan fingerprint density at radius 2 is 0.708 bits per heavy atom. The monoisotopic (exact) mass is 406 g/mol. The van der Waals surface area contributed by atoms with Gasteiger partial charge in [0.25, 0.3) is 0 Å². The van der Waals surface area contributed by atoms with Gasteiger partial charge in [-0.3, -0.25) is 0 Å². The van der Waals surface area contributed by atoms with Crippen LogP contribution in [0.5, 0.6) is 0 Å². The van der Waals surface area contributed by atoms with E-state index in [-0.39, 0.29) is 1.43 Å². The molecule has 0 radical (unpaired) electrons. The van der Waals surface area contributed by atoms with Gasteiger partial charge in [-0.2, -0.15) is 0 Å². The van der Waals surface area contributed by atoms with Crippen LogP contribution in [0.25, 0.3) is 0 Å². The summed E-state index contributed by atoms with van der Waals surface area (Å²) in [4.78, 5) is 0. The summed E-state index contributed by atoms with van der Waals surface area (Å²) in [5, 5.41) is 0. The van der Waals surface area contributed by atoms with E-state index in [4.69, 9.17) is 0 Å². The van der Waals surface area contributed by atoms with E-state index in [1.807, 2.05) is 0 Å². The molecule has 0 saturated carbocycles. The SMILES string of the molecule is CCCC[PH](CCCC)(CCCC)CCCC.F[P-](F)(F)(F)(F)F.[H+]. The molecule has 0 atom stereocenters. The van der Waals surface area contributed by atoms with Crippen LogP contribution in [0.4, 0.5) is 25.2 Å². The molecule has 0 unspecified atom stereocenters. The first kappa shape index (κ1) is 26.7. The van der Waals surface area contributed by atoms with Crippen molar-refractivity contribution in [2.75, 3.05) is 24.6 Å². The summed E-state index contributed by atoms with van der Waals surface area (Å²) in [5.74, 6) is 0. The van der Waals surface area contributed by atoms with Crippen LogP contribution in [0.3, 0.4) is 0 Å². The fourth-order valence-corrected chi connectivity index (χ4v) is 8.87. The predicted molar refractivity (Wildman–Crippen MR) is 102 cm³/mol. The Hall–Kier alpha value is 0.440. The van der Waals surface area contributed by atoms with Gasteiger partial charge in [-0.05, 0) is 0 Å². The molecule has 0 saturated heterocycles. The minimum absolute atomic E-state index is 0. The van der Waals surface area contributed by atoms with Crippen molar-refractivity contribution in [3.8, 4) is 0 Å². The Bertz CT molecular complexity index is 269. The first-order chi connectivity index (χ1) is 10.7. The van der Waals surface area contributed by atoms with Crippen LogP contribution in [-0.4, -0.2) is 24.6 Å². The summed E-state index contributed by atoms with van der Waals surface area (Å²) < 4.78 is 59.2. The minimum Gasteiger partial charge on any atom is 1.00 e. The molecule has 0 bridgehead atoms. The second-order valence-electron chi connectivity index (χ2n) is 6.87. The zero-order valence-corrected chi connectivity index (χ0v) is 17.6. The molecule has 0 aliphatic rings. The Morgan fingerprint density at radius 3 is 0.833 bits per heavy atom. The van der Waals surface area contributed by atoms with Crippen molar-refractivity contribution in [1.82, 2.24) is 0 Å². The van der Waals surface area contributed by atoms with E-state index in [1.54, 1.807) is 24.6 Å². The fourth-order valence-electron chi connectivity index (χ4n) is 2.96. The Kier molecular flexibility index (Phi) is 11.7. The van der Waals surface area contributed by atoms with E-state index >= 15 is 0 Å². The molecular formula is C16H38F6P2. The summed E-state index contributed by atoms with van der Waals surface area (Å²) in [5.41, 5.74) is 0. The van der Waals surface area contributed by atoms with Gasteiger partial charge in [0.1, 0.15) is 0 Å². The third-order valence-corrected chi connectivity index (χ3v) is 9.90. The van der Waals surface area contributed by atoms with Crippen molar-refractivity contribution < 1.29 is 26.6 Å². The molecule has 0 fully saturated rings. The average molecular weight is 406 g/mol. The van der Waals surface area contributed by atoms with Gasteiger partial charge in [-0.1, -0.05) is 0 Å². The third-order valence-electron chi connectivity index (χ3n) is 4.24. The predicted octanol–water partition coefficient (Wildman–Crippen LogP) is 9.43. The molecule has 0 aliphatic heterocycles. The van der Waals surface area contributed by atoms with Crippen LogP contribution in [-0.2, 0) is 0 Å². The molecule has 0 aliphatic carbocycles. The maximum Gasteiger partial charge on any atom is 1.00 e. The van der Waals surface area contributed by atoms with Crippen molar-refractivity contribution in [3.05, 3.63) is 0 Å². The number of halogens is 6. The molecule has 0 rings (SSSR count). The zero-order valence-electron chi connectivity index (χ0n) is 16.7. The second kappa shape index (κ2) is 10.6. The van der Waals surface area contributed by atoms with Gasteiger partial charge in [0.05, 0.1) is 0 Å². The molecule has 0 nitrogen and oxygen atoms in total. The van der Waals surface area contributed by atoms with Gasteiger partial charge in [-0.15, -0.1) is 0 Å². The third kappa shape index (κ3) is 24.7. The van der Waals surface area contributed by atoms with E-state index in [1.165, 1.54) is 51.4 Å². The van der Waals surface area contributed by atoms with Crippen LogP contribution in [0.15, 0.2) is 0 Å². The summed E-state index contributed by atoms with van der Waals surface area (Å²) >= 11 is 0. The summed E-state index contributed by atoms with van der Waals surface area (Å²) in [7, 11) is -11.5. The van der Waals surface area contributed by atoms with Gasteiger partial charge in [0, 0.05) is 0 Å². The molecule has 0 heterocycles. The summed E-state index contributed by atoms with van der Waals surface area (Å²) in [6, 6.07) is 0. The maximum absolute atomic E-state index is 10.7. The van der Waals surface area contributed by atoms with Gasteiger partial charge in [0.2, 0.25) is 0 Å². The van der Waals surface area contributed by atoms with Crippen LogP contribution in [0, 0.1) is 0 Å². The van der Waals surface area contributed by atoms with Gasteiger partial charge < -0.3 is 0 Å². The average Bonchev–Trinajstić information content (AvgIpc) is 2.42. The first-order valence-electron chi connectivity index (χ1n) is 9.26. The van der Waals surface area contributed by atoms with Crippen molar-refractivity contribution in [3.63, 3.8) is 0 Å². The number of unbranched alkanes of at least 4 members (excludes halogenated alkanes) is 4. The quantitative estimate of drug-likeness (QED) is 0.224. The molecule has 8 heteroatoms. The molecule has 0 amide bonds. The number of hydrogen-bond donors (Lipinski definition) is 0. The summed E-state index contributed by atoms with van der Waals surface area (Å²) in [6.45, 7) is 9.44. The van der Waals surface area contributed by atoms with E-state index in [2.05, 4.69) is 27.7 Å². The van der Waals surface area contributed by atoms with Gasteiger partial charge in [0.15, 0.2) is 0 Å². The molecular weight excluding hydrogens is 368 g/mol. The van der Waals surface area contributed by atoms with Crippen LogP contribution in [0.2, 0.25) is 0 Å². The normalized spacial score (nSPS) is 15.9. The van der Waals surface area contributed by atoms with E-state index in [0.29, 0.717) is 0 Å². The molecule has 0 N–H and O–H groups in total. The van der Waals surface area contributed by atoms with E-state index in [0.717, 1.165) is 0 Å². The van der Waals surface area contributed by atoms with Crippen molar-refractivity contribution >= 4 is 15.1 Å². The molecule has 0 spiro atoms. The Morgan fingerprint density at radius 1 is 0.542 bits per heavy atom. The van der Waals surface area contributed by atoms with E-state index in [9.17, 15) is 25.2 Å². The van der Waals surface area contributed by atoms with Crippen LogP contribution < -0.4 is 0 Å². The maximum atomic E-state index is 9.87. The molecule has 0 aromatic rings. The minimum atomic E-state index is -10.7. The molecule has 0 aromatic heterocycles. The number of hydrogen-bond acceptors (Lipinski definition) is 0. The zero-order chi connectivity index (χ0) is 19.4. The summed E-state index contributed by atoms with van der Waals surface area (Å²) in [6.07, 6.45) is 18.1. The first-order valence-corrected chi connectivity index (χ1v) is 14.1. The van der Waals surface area contributed by atoms with Crippen molar-refractivity contribution in [2.24, 2.45) is 0 Å². The van der Waals surface area contributed by atoms with Crippen LogP contribution >= 0.6 is 15.1 Å². The molecule has 0 aromatic carbocycles. The molecule has 24 heavy (non-hydrogen) atoms. The topological polar surface area (TPSA) is 0 Å². The van der Waals surface area contributed by atoms with Crippen molar-refractivity contribution in [1.29, 1.82) is 0 Å².